The summed E-state index contributed by atoms with van der Waals surface area (Å²) in [6, 6.07) is 7.33. The summed E-state index contributed by atoms with van der Waals surface area (Å²) in [6.45, 7) is 0.355. The average molecular weight is 249 g/mol. The third-order valence-electron chi connectivity index (χ3n) is 2.51. The molecule has 1 aromatic heterocycles. The number of ether oxygens (including phenoxy) is 1. The molecule has 0 aliphatic rings. The van der Waals surface area contributed by atoms with E-state index in [0.29, 0.717) is 24.5 Å². The Morgan fingerprint density at radius 2 is 2.22 bits per heavy atom. The van der Waals surface area contributed by atoms with Crippen LogP contribution in [0, 0.1) is 0 Å². The lowest BCUT2D eigenvalue weighted by molar-refractivity contribution is 0.127. The minimum Gasteiger partial charge on any atom is -0.496 e. The number of rotatable bonds is 5. The van der Waals surface area contributed by atoms with E-state index in [9.17, 15) is 5.11 Å². The van der Waals surface area contributed by atoms with Crippen LogP contribution in [0.2, 0.25) is 0 Å². The van der Waals surface area contributed by atoms with E-state index in [1.165, 1.54) is 0 Å². The molecule has 0 fully saturated rings. The maximum atomic E-state index is 9.70. The molecule has 1 aromatic carbocycles. The maximum absolute atomic E-state index is 9.70. The Morgan fingerprint density at radius 1 is 1.44 bits per heavy atom. The molecule has 1 heterocycles. The molecule has 6 nitrogen and oxygen atoms in total. The fourth-order valence-electron chi connectivity index (χ4n) is 1.59. The van der Waals surface area contributed by atoms with Gasteiger partial charge in [0.1, 0.15) is 11.9 Å². The first-order valence-corrected chi connectivity index (χ1v) is 5.61. The van der Waals surface area contributed by atoms with Gasteiger partial charge < -0.3 is 20.1 Å². The first-order valence-electron chi connectivity index (χ1n) is 5.61. The highest BCUT2D eigenvalue weighted by Gasteiger charge is 2.17. The quantitative estimate of drug-likeness (QED) is 0.824. The van der Waals surface area contributed by atoms with Crippen LogP contribution in [0.15, 0.2) is 28.8 Å². The van der Waals surface area contributed by atoms with Crippen molar-refractivity contribution in [2.75, 3.05) is 13.7 Å². The van der Waals surface area contributed by atoms with Gasteiger partial charge in [0, 0.05) is 0 Å². The zero-order valence-corrected chi connectivity index (χ0v) is 10.0. The lowest BCUT2D eigenvalue weighted by Crippen LogP contribution is -2.06. The van der Waals surface area contributed by atoms with E-state index in [0.717, 1.165) is 5.56 Å². The van der Waals surface area contributed by atoms with E-state index in [1.54, 1.807) is 7.11 Å². The van der Waals surface area contributed by atoms with Crippen molar-refractivity contribution in [3.05, 3.63) is 30.2 Å². The molecule has 0 spiro atoms. The first kappa shape index (κ1) is 12.5. The van der Waals surface area contributed by atoms with Gasteiger partial charge in [-0.15, -0.1) is 0 Å². The number of aliphatic hydroxyl groups excluding tert-OH is 1. The van der Waals surface area contributed by atoms with Crippen LogP contribution in [0.3, 0.4) is 0 Å². The Labute approximate surface area is 104 Å². The molecular weight excluding hydrogens is 234 g/mol. The lowest BCUT2D eigenvalue weighted by Gasteiger charge is -2.03. The summed E-state index contributed by atoms with van der Waals surface area (Å²) in [4.78, 5) is 4.14. The summed E-state index contributed by atoms with van der Waals surface area (Å²) in [5.74, 6) is 1.21. The maximum Gasteiger partial charge on any atom is 0.255 e. The van der Waals surface area contributed by atoms with Crippen LogP contribution in [-0.4, -0.2) is 28.9 Å². The molecule has 0 bridgehead atoms. The molecule has 0 aliphatic heterocycles. The fourth-order valence-corrected chi connectivity index (χ4v) is 1.59. The molecule has 2 aromatic rings. The van der Waals surface area contributed by atoms with Gasteiger partial charge in [-0.2, -0.15) is 4.98 Å². The highest BCUT2D eigenvalue weighted by Crippen LogP contribution is 2.28. The number of para-hydroxylation sites is 1. The first-order chi connectivity index (χ1) is 8.76. The number of methoxy groups -OCH3 is 1. The van der Waals surface area contributed by atoms with Gasteiger partial charge in [0.25, 0.3) is 5.89 Å². The van der Waals surface area contributed by atoms with Crippen LogP contribution < -0.4 is 10.5 Å². The van der Waals surface area contributed by atoms with Gasteiger partial charge in [-0.25, -0.2) is 0 Å². The molecule has 0 aliphatic carbocycles. The van der Waals surface area contributed by atoms with Crippen LogP contribution >= 0.6 is 0 Å². The molecule has 1 atom stereocenters. The summed E-state index contributed by atoms with van der Waals surface area (Å²) in [5, 5.41) is 13.5. The number of nitrogens with zero attached hydrogens (tertiary/aromatic N) is 2. The molecule has 3 N–H and O–H groups in total. The van der Waals surface area contributed by atoms with Gasteiger partial charge in [-0.1, -0.05) is 17.3 Å². The van der Waals surface area contributed by atoms with Crippen LogP contribution in [-0.2, 0) is 0 Å². The normalized spacial score (nSPS) is 12.4. The van der Waals surface area contributed by atoms with Crippen molar-refractivity contribution in [1.82, 2.24) is 10.1 Å². The lowest BCUT2D eigenvalue weighted by atomic mass is 10.2. The Bertz CT molecular complexity index is 513. The SMILES string of the molecule is COc1ccccc1-c1noc(C(O)CCN)n1. The van der Waals surface area contributed by atoms with Crippen LogP contribution in [0.4, 0.5) is 0 Å². The number of hydrogen-bond acceptors (Lipinski definition) is 6. The molecular formula is C12H15N3O3. The van der Waals surface area contributed by atoms with Crippen molar-refractivity contribution < 1.29 is 14.4 Å². The van der Waals surface area contributed by atoms with Gasteiger partial charge in [-0.3, -0.25) is 0 Å². The van der Waals surface area contributed by atoms with Crippen molar-refractivity contribution in [3.63, 3.8) is 0 Å². The summed E-state index contributed by atoms with van der Waals surface area (Å²) in [7, 11) is 1.57. The van der Waals surface area contributed by atoms with E-state index in [-0.39, 0.29) is 5.89 Å². The fraction of sp³-hybridized carbons (Fsp3) is 0.333. The van der Waals surface area contributed by atoms with Crippen LogP contribution in [0.5, 0.6) is 5.75 Å². The zero-order valence-electron chi connectivity index (χ0n) is 10.0. The topological polar surface area (TPSA) is 94.4 Å². The van der Waals surface area contributed by atoms with Crippen LogP contribution in [0.25, 0.3) is 11.4 Å². The Kier molecular flexibility index (Phi) is 3.91. The third kappa shape index (κ3) is 2.49. The summed E-state index contributed by atoms with van der Waals surface area (Å²) < 4.78 is 10.2. The molecule has 96 valence electrons. The van der Waals surface area contributed by atoms with E-state index in [4.69, 9.17) is 15.0 Å². The van der Waals surface area contributed by atoms with Gasteiger partial charge in [0.05, 0.1) is 12.7 Å². The molecule has 6 heteroatoms. The van der Waals surface area contributed by atoms with Crippen molar-refractivity contribution >= 4 is 0 Å². The molecule has 2 rings (SSSR count). The number of aromatic nitrogens is 2. The monoisotopic (exact) mass is 249 g/mol. The Hall–Kier alpha value is -1.92. The summed E-state index contributed by atoms with van der Waals surface area (Å²) >= 11 is 0. The van der Waals surface area contributed by atoms with Gasteiger partial charge >= 0.3 is 0 Å². The predicted molar refractivity (Wildman–Crippen MR) is 64.9 cm³/mol. The largest absolute Gasteiger partial charge is 0.496 e. The van der Waals surface area contributed by atoms with E-state index < -0.39 is 6.10 Å². The third-order valence-corrected chi connectivity index (χ3v) is 2.51. The molecule has 0 amide bonds. The van der Waals surface area contributed by atoms with Crippen molar-refractivity contribution in [3.8, 4) is 17.1 Å². The second-order valence-electron chi connectivity index (χ2n) is 3.75. The standard InChI is InChI=1S/C12H15N3O3/c1-17-10-5-3-2-4-8(10)11-14-12(18-15-11)9(16)6-7-13/h2-5,9,16H,6-7,13H2,1H3. The Balaban J connectivity index is 2.29. The van der Waals surface area contributed by atoms with Crippen molar-refractivity contribution in [2.24, 2.45) is 5.73 Å². The molecule has 18 heavy (non-hydrogen) atoms. The Morgan fingerprint density at radius 3 is 2.94 bits per heavy atom. The predicted octanol–water partition coefficient (Wildman–Crippen LogP) is 1.13. The summed E-state index contributed by atoms with van der Waals surface area (Å²) in [5.41, 5.74) is 6.08. The van der Waals surface area contributed by atoms with E-state index >= 15 is 0 Å². The van der Waals surface area contributed by atoms with Crippen LogP contribution in [0.1, 0.15) is 18.4 Å². The number of aliphatic hydroxyl groups is 1. The van der Waals surface area contributed by atoms with Gasteiger partial charge in [0.2, 0.25) is 5.82 Å². The zero-order chi connectivity index (χ0) is 13.0. The number of nitrogens with two attached hydrogens (primary N) is 1. The molecule has 1 unspecified atom stereocenters. The van der Waals surface area contributed by atoms with E-state index in [1.807, 2.05) is 24.3 Å². The smallest absolute Gasteiger partial charge is 0.255 e. The van der Waals surface area contributed by atoms with Gasteiger partial charge in [0.15, 0.2) is 0 Å². The molecule has 0 radical (unpaired) electrons. The van der Waals surface area contributed by atoms with Gasteiger partial charge in [-0.05, 0) is 25.1 Å². The average Bonchev–Trinajstić information content (AvgIpc) is 2.88. The number of hydrogen-bond donors (Lipinski definition) is 2. The highest BCUT2D eigenvalue weighted by molar-refractivity contribution is 5.63. The van der Waals surface area contributed by atoms with Crippen molar-refractivity contribution in [2.45, 2.75) is 12.5 Å². The minimum absolute atomic E-state index is 0.168. The summed E-state index contributed by atoms with van der Waals surface area (Å²) in [6.07, 6.45) is -0.445. The minimum atomic E-state index is -0.828. The number of benzene rings is 1. The molecule has 0 saturated heterocycles. The second kappa shape index (κ2) is 5.61. The van der Waals surface area contributed by atoms with E-state index in [2.05, 4.69) is 10.1 Å². The molecule has 0 saturated carbocycles. The highest BCUT2D eigenvalue weighted by atomic mass is 16.5. The van der Waals surface area contributed by atoms with Crippen molar-refractivity contribution in [1.29, 1.82) is 0 Å². The second-order valence-corrected chi connectivity index (χ2v) is 3.75.